The molecule has 10 heavy (non-hydrogen) atoms. The van der Waals surface area contributed by atoms with Gasteiger partial charge < -0.3 is 4.74 Å². The van der Waals surface area contributed by atoms with E-state index in [1.165, 1.54) is 19.3 Å². The lowest BCUT2D eigenvalue weighted by Gasteiger charge is -1.99. The minimum absolute atomic E-state index is 0.758. The first-order valence-corrected chi connectivity index (χ1v) is 4.98. The summed E-state index contributed by atoms with van der Waals surface area (Å²) >= 11 is 3.54. The van der Waals surface area contributed by atoms with Crippen molar-refractivity contribution in [1.29, 1.82) is 0 Å². The van der Waals surface area contributed by atoms with Crippen LogP contribution in [-0.2, 0) is 4.74 Å². The highest BCUT2D eigenvalue weighted by Crippen LogP contribution is 2.37. The summed E-state index contributed by atoms with van der Waals surface area (Å²) in [7, 11) is 0. The molecular weight excluding hydrogens is 192 g/mol. The fourth-order valence-electron chi connectivity index (χ4n) is 0.864. The highest BCUT2D eigenvalue weighted by Gasteiger charge is 2.34. The minimum Gasteiger partial charge on any atom is -0.381 e. The summed E-state index contributed by atoms with van der Waals surface area (Å²) in [5, 5.41) is 0. The molecule has 2 atom stereocenters. The summed E-state index contributed by atoms with van der Waals surface area (Å²) in [5.41, 5.74) is 0. The van der Waals surface area contributed by atoms with Crippen LogP contribution in [0.2, 0.25) is 0 Å². The molecule has 1 aliphatic rings. The van der Waals surface area contributed by atoms with Gasteiger partial charge in [0.1, 0.15) is 0 Å². The molecule has 2 heteroatoms. The summed E-state index contributed by atoms with van der Waals surface area (Å²) in [5.74, 6) is 0.817. The van der Waals surface area contributed by atoms with E-state index in [0.717, 1.165) is 24.0 Å². The highest BCUT2D eigenvalue weighted by molar-refractivity contribution is 9.09. The zero-order valence-corrected chi connectivity index (χ0v) is 8.06. The molecule has 0 bridgehead atoms. The van der Waals surface area contributed by atoms with Crippen LogP contribution < -0.4 is 0 Å². The van der Waals surface area contributed by atoms with Gasteiger partial charge in [-0.3, -0.25) is 0 Å². The lowest BCUT2D eigenvalue weighted by molar-refractivity contribution is 0.122. The topological polar surface area (TPSA) is 9.23 Å². The molecule has 0 aliphatic heterocycles. The third kappa shape index (κ3) is 3.02. The Labute approximate surface area is 71.3 Å². The van der Waals surface area contributed by atoms with Crippen molar-refractivity contribution in [1.82, 2.24) is 0 Å². The first-order valence-electron chi connectivity index (χ1n) is 4.06. The molecule has 0 saturated heterocycles. The zero-order valence-electron chi connectivity index (χ0n) is 6.48. The zero-order chi connectivity index (χ0) is 7.40. The Morgan fingerprint density at radius 2 is 2.30 bits per heavy atom. The van der Waals surface area contributed by atoms with Crippen LogP contribution in [0.15, 0.2) is 0 Å². The first-order chi connectivity index (χ1) is 4.84. The predicted octanol–water partition coefficient (Wildman–Crippen LogP) is 2.59. The van der Waals surface area contributed by atoms with Crippen molar-refractivity contribution in [2.24, 2.45) is 5.92 Å². The van der Waals surface area contributed by atoms with Gasteiger partial charge in [0.25, 0.3) is 0 Å². The Morgan fingerprint density at radius 1 is 1.60 bits per heavy atom. The van der Waals surface area contributed by atoms with Crippen LogP contribution in [0.25, 0.3) is 0 Å². The van der Waals surface area contributed by atoms with Gasteiger partial charge in [-0.1, -0.05) is 29.3 Å². The quantitative estimate of drug-likeness (QED) is 0.497. The van der Waals surface area contributed by atoms with Gasteiger partial charge in [0.05, 0.1) is 6.61 Å². The van der Waals surface area contributed by atoms with Crippen molar-refractivity contribution in [3.8, 4) is 0 Å². The average Bonchev–Trinajstić information content (AvgIpc) is 2.60. The van der Waals surface area contributed by atoms with Gasteiger partial charge in [-0.25, -0.2) is 0 Å². The molecule has 0 aromatic heterocycles. The van der Waals surface area contributed by atoms with E-state index in [0.29, 0.717) is 0 Å². The van der Waals surface area contributed by atoms with Crippen LogP contribution >= 0.6 is 15.9 Å². The second-order valence-electron chi connectivity index (χ2n) is 2.94. The second kappa shape index (κ2) is 4.35. The van der Waals surface area contributed by atoms with E-state index < -0.39 is 0 Å². The number of hydrogen-bond acceptors (Lipinski definition) is 1. The van der Waals surface area contributed by atoms with Gasteiger partial charge in [0.2, 0.25) is 0 Å². The lowest BCUT2D eigenvalue weighted by atomic mass is 10.4. The second-order valence-corrected chi connectivity index (χ2v) is 4.12. The smallest absolute Gasteiger partial charge is 0.0505 e. The maximum Gasteiger partial charge on any atom is 0.0505 e. The Balaban J connectivity index is 1.78. The summed E-state index contributed by atoms with van der Waals surface area (Å²) in [6, 6.07) is 0. The van der Waals surface area contributed by atoms with Crippen LogP contribution in [0.5, 0.6) is 0 Å². The maximum absolute atomic E-state index is 5.44. The van der Waals surface area contributed by atoms with Crippen molar-refractivity contribution in [3.05, 3.63) is 0 Å². The van der Waals surface area contributed by atoms with Gasteiger partial charge >= 0.3 is 0 Å². The van der Waals surface area contributed by atoms with Crippen LogP contribution in [0.4, 0.5) is 0 Å². The van der Waals surface area contributed by atoms with E-state index >= 15 is 0 Å². The SMILES string of the molecule is CCCCOC[C@@H]1C[C@H]1Br. The number of rotatable bonds is 5. The van der Waals surface area contributed by atoms with E-state index in [1.807, 2.05) is 0 Å². The van der Waals surface area contributed by atoms with Crippen LogP contribution in [0, 0.1) is 5.92 Å². The van der Waals surface area contributed by atoms with E-state index in [2.05, 4.69) is 22.9 Å². The third-order valence-corrected chi connectivity index (χ3v) is 2.93. The molecule has 1 rings (SSSR count). The molecule has 0 radical (unpaired) electrons. The summed E-state index contributed by atoms with van der Waals surface area (Å²) < 4.78 is 5.44. The van der Waals surface area contributed by atoms with Crippen molar-refractivity contribution in [2.45, 2.75) is 31.0 Å². The first kappa shape index (κ1) is 8.54. The number of hydrogen-bond donors (Lipinski definition) is 0. The Morgan fingerprint density at radius 3 is 2.80 bits per heavy atom. The minimum atomic E-state index is 0.758. The summed E-state index contributed by atoms with van der Waals surface area (Å²) in [6.07, 6.45) is 3.76. The standard InChI is InChI=1S/C8H15BrO/c1-2-3-4-10-6-7-5-8(7)9/h7-8H,2-6H2,1H3/t7-,8+/m0/s1. The van der Waals surface area contributed by atoms with Crippen LogP contribution in [-0.4, -0.2) is 18.0 Å². The highest BCUT2D eigenvalue weighted by atomic mass is 79.9. The molecule has 1 saturated carbocycles. The van der Waals surface area contributed by atoms with Crippen molar-refractivity contribution >= 4 is 15.9 Å². The fraction of sp³-hybridized carbons (Fsp3) is 1.00. The van der Waals surface area contributed by atoms with Gasteiger partial charge in [0, 0.05) is 11.4 Å². The number of unbranched alkanes of at least 4 members (excludes halogenated alkanes) is 1. The van der Waals surface area contributed by atoms with E-state index in [4.69, 9.17) is 4.74 Å². The van der Waals surface area contributed by atoms with Gasteiger partial charge in [-0.05, 0) is 18.8 Å². The largest absolute Gasteiger partial charge is 0.381 e. The molecule has 60 valence electrons. The molecule has 0 aromatic rings. The average molecular weight is 207 g/mol. The monoisotopic (exact) mass is 206 g/mol. The fourth-order valence-corrected chi connectivity index (χ4v) is 1.50. The van der Waals surface area contributed by atoms with Crippen molar-refractivity contribution in [3.63, 3.8) is 0 Å². The van der Waals surface area contributed by atoms with Crippen molar-refractivity contribution in [2.75, 3.05) is 13.2 Å². The Hall–Kier alpha value is 0.440. The molecule has 1 aliphatic carbocycles. The van der Waals surface area contributed by atoms with Crippen LogP contribution in [0.1, 0.15) is 26.2 Å². The number of alkyl halides is 1. The Kier molecular flexibility index (Phi) is 3.71. The molecule has 0 spiro atoms. The van der Waals surface area contributed by atoms with E-state index in [1.54, 1.807) is 0 Å². The van der Waals surface area contributed by atoms with Gasteiger partial charge in [0.15, 0.2) is 0 Å². The molecule has 0 unspecified atom stereocenters. The summed E-state index contributed by atoms with van der Waals surface area (Å²) in [6.45, 7) is 4.11. The van der Waals surface area contributed by atoms with Gasteiger partial charge in [-0.15, -0.1) is 0 Å². The number of halogens is 1. The molecule has 0 N–H and O–H groups in total. The predicted molar refractivity (Wildman–Crippen MR) is 46.5 cm³/mol. The maximum atomic E-state index is 5.44. The number of ether oxygens (including phenoxy) is 1. The lowest BCUT2D eigenvalue weighted by Crippen LogP contribution is -1.99. The van der Waals surface area contributed by atoms with Gasteiger partial charge in [-0.2, -0.15) is 0 Å². The summed E-state index contributed by atoms with van der Waals surface area (Å²) in [4.78, 5) is 0.758. The van der Waals surface area contributed by atoms with E-state index in [-0.39, 0.29) is 0 Å². The molecule has 1 fully saturated rings. The Bertz CT molecular complexity index is 95.3. The molecule has 0 heterocycles. The molecule has 1 nitrogen and oxygen atoms in total. The molecule has 0 amide bonds. The molecule has 0 aromatic carbocycles. The van der Waals surface area contributed by atoms with Crippen molar-refractivity contribution < 1.29 is 4.74 Å². The molecular formula is C8H15BrO. The van der Waals surface area contributed by atoms with Crippen LogP contribution in [0.3, 0.4) is 0 Å². The third-order valence-electron chi connectivity index (χ3n) is 1.81. The normalized spacial score (nSPS) is 30.6. The van der Waals surface area contributed by atoms with E-state index in [9.17, 15) is 0 Å².